The molecule has 2 N–H and O–H groups in total. The number of rotatable bonds is 7. The summed E-state index contributed by atoms with van der Waals surface area (Å²) in [6.45, 7) is 7.62. The van der Waals surface area contributed by atoms with E-state index in [9.17, 15) is 4.79 Å². The number of nitrogens with zero attached hydrogens (tertiary/aromatic N) is 2. The zero-order chi connectivity index (χ0) is 23.9. The monoisotopic (exact) mass is 468 g/mol. The highest BCUT2D eigenvalue weighted by Crippen LogP contribution is 2.29. The molecule has 0 radical (unpaired) electrons. The molecule has 0 spiro atoms. The number of fused-ring (bicyclic) bond motifs is 1. The van der Waals surface area contributed by atoms with Crippen molar-refractivity contribution in [3.05, 3.63) is 107 Å². The normalized spacial score (nSPS) is 17.1. The molecule has 1 amide bonds. The molecular weight excluding hydrogens is 432 g/mol. The molecule has 5 nitrogen and oxygen atoms in total. The average Bonchev–Trinajstić information content (AvgIpc) is 3.16. The standard InChI is InChI=1S/C30H36N4O/c35-30(28-12-11-24-13-15-31-16-14-27(24)23-28)32-17-18-33-19-21-34(22-20-33)29(25-7-3-1-4-8-25)26-9-5-2-6-10-26/h1-12,23,29,31H,13-22H2,(H,32,35). The first-order chi connectivity index (χ1) is 17.3. The average molecular weight is 469 g/mol. The van der Waals surface area contributed by atoms with Crippen molar-refractivity contribution in [3.63, 3.8) is 0 Å². The van der Waals surface area contributed by atoms with E-state index >= 15 is 0 Å². The minimum absolute atomic E-state index is 0.0388. The van der Waals surface area contributed by atoms with E-state index in [4.69, 9.17) is 0 Å². The largest absolute Gasteiger partial charge is 0.351 e. The summed E-state index contributed by atoms with van der Waals surface area (Å²) in [4.78, 5) is 17.8. The fraction of sp³-hybridized carbons (Fsp3) is 0.367. The third-order valence-electron chi connectivity index (χ3n) is 7.33. The van der Waals surface area contributed by atoms with Crippen LogP contribution in [-0.2, 0) is 12.8 Å². The summed E-state index contributed by atoms with van der Waals surface area (Å²) in [5.74, 6) is 0.0388. The predicted octanol–water partition coefficient (Wildman–Crippen LogP) is 3.51. The first-order valence-electron chi connectivity index (χ1n) is 12.9. The fourth-order valence-electron chi connectivity index (χ4n) is 5.37. The highest BCUT2D eigenvalue weighted by molar-refractivity contribution is 5.94. The molecule has 2 heterocycles. The van der Waals surface area contributed by atoms with Gasteiger partial charge in [-0.15, -0.1) is 0 Å². The van der Waals surface area contributed by atoms with Gasteiger partial charge in [-0.05, 0) is 60.3 Å². The Morgan fingerprint density at radius 3 is 2.09 bits per heavy atom. The van der Waals surface area contributed by atoms with Gasteiger partial charge < -0.3 is 10.6 Å². The van der Waals surface area contributed by atoms with Crippen LogP contribution in [0.4, 0.5) is 0 Å². The Balaban J connectivity index is 1.13. The molecule has 0 aromatic heterocycles. The number of piperazine rings is 1. The van der Waals surface area contributed by atoms with Gasteiger partial charge in [0, 0.05) is 44.8 Å². The van der Waals surface area contributed by atoms with Crippen LogP contribution < -0.4 is 10.6 Å². The maximum atomic E-state index is 12.8. The van der Waals surface area contributed by atoms with E-state index in [2.05, 4.69) is 93.2 Å². The summed E-state index contributed by atoms with van der Waals surface area (Å²) in [5.41, 5.74) is 6.15. The van der Waals surface area contributed by atoms with Crippen molar-refractivity contribution in [3.8, 4) is 0 Å². The first-order valence-corrected chi connectivity index (χ1v) is 12.9. The maximum absolute atomic E-state index is 12.8. The molecule has 2 aliphatic rings. The van der Waals surface area contributed by atoms with Crippen molar-refractivity contribution in [1.29, 1.82) is 0 Å². The number of carbonyl (C=O) groups excluding carboxylic acids is 1. The molecule has 1 saturated heterocycles. The van der Waals surface area contributed by atoms with Crippen LogP contribution in [0.15, 0.2) is 78.9 Å². The van der Waals surface area contributed by atoms with Crippen LogP contribution in [0.2, 0.25) is 0 Å². The van der Waals surface area contributed by atoms with E-state index in [1.54, 1.807) is 0 Å². The smallest absolute Gasteiger partial charge is 0.251 e. The van der Waals surface area contributed by atoms with E-state index in [1.165, 1.54) is 22.3 Å². The van der Waals surface area contributed by atoms with Crippen molar-refractivity contribution >= 4 is 5.91 Å². The van der Waals surface area contributed by atoms with Gasteiger partial charge in [0.1, 0.15) is 0 Å². The molecule has 0 atom stereocenters. The summed E-state index contributed by atoms with van der Waals surface area (Å²) in [7, 11) is 0. The molecule has 1 fully saturated rings. The quantitative estimate of drug-likeness (QED) is 0.557. The SMILES string of the molecule is O=C(NCCN1CCN(C(c2ccccc2)c2ccccc2)CC1)c1ccc2c(c1)CCNCC2. The van der Waals surface area contributed by atoms with Gasteiger partial charge in [-0.3, -0.25) is 14.6 Å². The Hall–Kier alpha value is -2.99. The number of hydrogen-bond donors (Lipinski definition) is 2. The van der Waals surface area contributed by atoms with Gasteiger partial charge >= 0.3 is 0 Å². The Morgan fingerprint density at radius 2 is 1.43 bits per heavy atom. The van der Waals surface area contributed by atoms with Crippen molar-refractivity contribution in [2.75, 3.05) is 52.4 Å². The Kier molecular flexibility index (Phi) is 7.89. The van der Waals surface area contributed by atoms with Crippen LogP contribution in [0.5, 0.6) is 0 Å². The van der Waals surface area contributed by atoms with Gasteiger partial charge in [0.05, 0.1) is 6.04 Å². The lowest BCUT2D eigenvalue weighted by Gasteiger charge is -2.39. The topological polar surface area (TPSA) is 47.6 Å². The second kappa shape index (κ2) is 11.6. The van der Waals surface area contributed by atoms with E-state index in [-0.39, 0.29) is 11.9 Å². The van der Waals surface area contributed by atoms with E-state index in [1.807, 2.05) is 6.07 Å². The van der Waals surface area contributed by atoms with Crippen molar-refractivity contribution < 1.29 is 4.79 Å². The number of nitrogens with one attached hydrogen (secondary N) is 2. The highest BCUT2D eigenvalue weighted by atomic mass is 16.1. The van der Waals surface area contributed by atoms with Crippen LogP contribution in [-0.4, -0.2) is 68.1 Å². The van der Waals surface area contributed by atoms with Crippen molar-refractivity contribution in [2.24, 2.45) is 0 Å². The van der Waals surface area contributed by atoms with Gasteiger partial charge in [-0.2, -0.15) is 0 Å². The molecular formula is C30H36N4O. The van der Waals surface area contributed by atoms with Crippen LogP contribution in [0.3, 0.4) is 0 Å². The van der Waals surface area contributed by atoms with E-state index in [0.29, 0.717) is 6.54 Å². The van der Waals surface area contributed by atoms with Gasteiger partial charge in [0.15, 0.2) is 0 Å². The molecule has 0 aliphatic carbocycles. The van der Waals surface area contributed by atoms with Crippen LogP contribution >= 0.6 is 0 Å². The van der Waals surface area contributed by atoms with Crippen molar-refractivity contribution in [2.45, 2.75) is 18.9 Å². The minimum Gasteiger partial charge on any atom is -0.351 e. The molecule has 0 unspecified atom stereocenters. The second-order valence-corrected chi connectivity index (χ2v) is 9.59. The van der Waals surface area contributed by atoms with Crippen LogP contribution in [0.1, 0.15) is 38.7 Å². The number of amides is 1. The Morgan fingerprint density at radius 1 is 0.800 bits per heavy atom. The predicted molar refractivity (Wildman–Crippen MR) is 142 cm³/mol. The van der Waals surface area contributed by atoms with Gasteiger partial charge in [0.2, 0.25) is 0 Å². The van der Waals surface area contributed by atoms with Gasteiger partial charge in [0.25, 0.3) is 5.91 Å². The van der Waals surface area contributed by atoms with Crippen LogP contribution in [0, 0.1) is 0 Å². The Bertz CT molecular complexity index is 1050. The molecule has 182 valence electrons. The summed E-state index contributed by atoms with van der Waals surface area (Å²) < 4.78 is 0. The maximum Gasteiger partial charge on any atom is 0.251 e. The molecule has 5 heteroatoms. The summed E-state index contributed by atoms with van der Waals surface area (Å²) in [6.07, 6.45) is 2.03. The molecule has 35 heavy (non-hydrogen) atoms. The number of hydrogen-bond acceptors (Lipinski definition) is 4. The molecule has 3 aromatic rings. The molecule has 0 saturated carbocycles. The zero-order valence-electron chi connectivity index (χ0n) is 20.5. The summed E-state index contributed by atoms with van der Waals surface area (Å²) in [6, 6.07) is 28.1. The van der Waals surface area contributed by atoms with Crippen molar-refractivity contribution in [1.82, 2.24) is 20.4 Å². The third kappa shape index (κ3) is 5.99. The van der Waals surface area contributed by atoms with Gasteiger partial charge in [-0.1, -0.05) is 66.7 Å². The highest BCUT2D eigenvalue weighted by Gasteiger charge is 2.26. The lowest BCUT2D eigenvalue weighted by molar-refractivity contribution is 0.0921. The summed E-state index contributed by atoms with van der Waals surface area (Å²) in [5, 5.41) is 6.58. The number of benzene rings is 3. The third-order valence-corrected chi connectivity index (χ3v) is 7.33. The lowest BCUT2D eigenvalue weighted by atomic mass is 9.96. The lowest BCUT2D eigenvalue weighted by Crippen LogP contribution is -2.49. The van der Waals surface area contributed by atoms with E-state index < -0.39 is 0 Å². The molecule has 3 aromatic carbocycles. The first kappa shape index (κ1) is 23.7. The molecule has 2 aliphatic heterocycles. The van der Waals surface area contributed by atoms with E-state index in [0.717, 1.165) is 64.2 Å². The van der Waals surface area contributed by atoms with Crippen LogP contribution in [0.25, 0.3) is 0 Å². The summed E-state index contributed by atoms with van der Waals surface area (Å²) >= 11 is 0. The zero-order valence-corrected chi connectivity index (χ0v) is 20.5. The fourth-order valence-corrected chi connectivity index (χ4v) is 5.37. The van der Waals surface area contributed by atoms with Gasteiger partial charge in [-0.25, -0.2) is 0 Å². The minimum atomic E-state index is 0.0388. The molecule has 0 bridgehead atoms. The second-order valence-electron chi connectivity index (χ2n) is 9.59. The Labute approximate surface area is 209 Å². The molecule has 5 rings (SSSR count). The number of carbonyl (C=O) groups is 1.